The maximum absolute atomic E-state index is 13.0. The molecule has 0 aromatic heterocycles. The molecule has 104 valence electrons. The van der Waals surface area contributed by atoms with Gasteiger partial charge in [0.2, 0.25) is 10.0 Å². The Morgan fingerprint density at radius 3 is 2.47 bits per heavy atom. The second-order valence-electron chi connectivity index (χ2n) is 4.42. The Morgan fingerprint density at radius 1 is 1.42 bits per heavy atom. The van der Waals surface area contributed by atoms with Crippen LogP contribution in [0.25, 0.3) is 0 Å². The fourth-order valence-electron chi connectivity index (χ4n) is 1.85. The van der Waals surface area contributed by atoms with Crippen molar-refractivity contribution < 1.29 is 22.7 Å². The van der Waals surface area contributed by atoms with Crippen LogP contribution in [-0.4, -0.2) is 25.0 Å². The van der Waals surface area contributed by atoms with Crippen LogP contribution in [0, 0.1) is 5.82 Å². The fraction of sp³-hybridized carbons (Fsp3) is 0.364. The van der Waals surface area contributed by atoms with E-state index in [9.17, 15) is 17.6 Å². The van der Waals surface area contributed by atoms with Gasteiger partial charge in [-0.1, -0.05) is 11.6 Å². The molecule has 1 saturated carbocycles. The zero-order chi connectivity index (χ0) is 14.3. The van der Waals surface area contributed by atoms with Crippen LogP contribution in [0.15, 0.2) is 23.1 Å². The molecule has 0 unspecified atom stereocenters. The van der Waals surface area contributed by atoms with Crippen molar-refractivity contribution in [3.8, 4) is 0 Å². The molecular formula is C11H11ClFNO4S. The Kier molecular flexibility index (Phi) is 3.55. The Labute approximate surface area is 114 Å². The summed E-state index contributed by atoms with van der Waals surface area (Å²) in [5.74, 6) is -1.95. The van der Waals surface area contributed by atoms with E-state index in [4.69, 9.17) is 16.7 Å². The van der Waals surface area contributed by atoms with Gasteiger partial charge in [0.15, 0.2) is 0 Å². The lowest BCUT2D eigenvalue weighted by Gasteiger charge is -2.37. The van der Waals surface area contributed by atoms with E-state index in [1.54, 1.807) is 0 Å². The first-order valence-electron chi connectivity index (χ1n) is 5.49. The highest BCUT2D eigenvalue weighted by atomic mass is 35.5. The summed E-state index contributed by atoms with van der Waals surface area (Å²) >= 11 is 5.52. The predicted octanol–water partition coefficient (Wildman–Crippen LogP) is 1.76. The molecule has 0 aliphatic heterocycles. The van der Waals surface area contributed by atoms with Crippen LogP contribution in [0.3, 0.4) is 0 Å². The molecule has 2 rings (SSSR count). The Bertz CT molecular complexity index is 628. The molecule has 0 heterocycles. The van der Waals surface area contributed by atoms with E-state index >= 15 is 0 Å². The van der Waals surface area contributed by atoms with E-state index in [0.29, 0.717) is 6.42 Å². The molecule has 1 aliphatic rings. The molecule has 0 saturated heterocycles. The lowest BCUT2D eigenvalue weighted by Crippen LogP contribution is -2.58. The first-order chi connectivity index (χ1) is 8.77. The molecule has 8 heteroatoms. The van der Waals surface area contributed by atoms with Crippen molar-refractivity contribution >= 4 is 27.6 Å². The molecule has 0 amide bonds. The third-order valence-electron chi connectivity index (χ3n) is 3.15. The van der Waals surface area contributed by atoms with E-state index in [-0.39, 0.29) is 22.8 Å². The topological polar surface area (TPSA) is 83.5 Å². The van der Waals surface area contributed by atoms with Gasteiger partial charge < -0.3 is 5.11 Å². The summed E-state index contributed by atoms with van der Waals surface area (Å²) in [6.07, 6.45) is 1.10. The molecular weight excluding hydrogens is 297 g/mol. The smallest absolute Gasteiger partial charge is 0.324 e. The average Bonchev–Trinajstić information content (AvgIpc) is 2.26. The second-order valence-corrected chi connectivity index (χ2v) is 6.51. The summed E-state index contributed by atoms with van der Waals surface area (Å²) in [6, 6.07) is 2.91. The highest BCUT2D eigenvalue weighted by Gasteiger charge is 2.47. The lowest BCUT2D eigenvalue weighted by atomic mass is 9.78. The highest BCUT2D eigenvalue weighted by Crippen LogP contribution is 2.34. The minimum atomic E-state index is -4.05. The van der Waals surface area contributed by atoms with Crippen molar-refractivity contribution in [1.29, 1.82) is 0 Å². The highest BCUT2D eigenvalue weighted by molar-refractivity contribution is 7.89. The Morgan fingerprint density at radius 2 is 2.05 bits per heavy atom. The fourth-order valence-corrected chi connectivity index (χ4v) is 3.54. The van der Waals surface area contributed by atoms with Gasteiger partial charge in [0.05, 0.1) is 9.92 Å². The summed E-state index contributed by atoms with van der Waals surface area (Å²) in [5, 5.41) is 8.75. The zero-order valence-corrected chi connectivity index (χ0v) is 11.3. The number of aliphatic carboxylic acids is 1. The molecule has 0 atom stereocenters. The van der Waals surface area contributed by atoms with E-state index in [1.165, 1.54) is 0 Å². The third-order valence-corrected chi connectivity index (χ3v) is 4.97. The number of carboxylic acid groups (broad SMARTS) is 1. The van der Waals surface area contributed by atoms with Gasteiger partial charge in [0, 0.05) is 0 Å². The van der Waals surface area contributed by atoms with Gasteiger partial charge in [-0.3, -0.25) is 4.79 Å². The van der Waals surface area contributed by atoms with Crippen molar-refractivity contribution in [2.24, 2.45) is 0 Å². The van der Waals surface area contributed by atoms with Crippen molar-refractivity contribution in [3.05, 3.63) is 29.0 Å². The Hall–Kier alpha value is -1.18. The largest absolute Gasteiger partial charge is 0.480 e. The summed E-state index contributed by atoms with van der Waals surface area (Å²) < 4.78 is 39.3. The van der Waals surface area contributed by atoms with Gasteiger partial charge in [-0.05, 0) is 37.5 Å². The SMILES string of the molecule is O=C(O)C1(NS(=O)(=O)c2ccc(F)c(Cl)c2)CCC1. The van der Waals surface area contributed by atoms with Crippen LogP contribution in [0.2, 0.25) is 5.02 Å². The van der Waals surface area contributed by atoms with Gasteiger partial charge in [-0.25, -0.2) is 12.8 Å². The summed E-state index contributed by atoms with van der Waals surface area (Å²) in [7, 11) is -4.05. The van der Waals surface area contributed by atoms with Crippen LogP contribution in [-0.2, 0) is 14.8 Å². The van der Waals surface area contributed by atoms with Gasteiger partial charge in [-0.2, -0.15) is 4.72 Å². The van der Waals surface area contributed by atoms with Crippen molar-refractivity contribution in [1.82, 2.24) is 4.72 Å². The first kappa shape index (κ1) is 14.2. The van der Waals surface area contributed by atoms with Gasteiger partial charge in [0.1, 0.15) is 11.4 Å². The molecule has 5 nitrogen and oxygen atoms in total. The van der Waals surface area contributed by atoms with Crippen LogP contribution in [0.4, 0.5) is 4.39 Å². The minimum Gasteiger partial charge on any atom is -0.480 e. The van der Waals surface area contributed by atoms with Crippen LogP contribution in [0.5, 0.6) is 0 Å². The molecule has 0 radical (unpaired) electrons. The van der Waals surface area contributed by atoms with E-state index < -0.39 is 27.3 Å². The van der Waals surface area contributed by atoms with Crippen molar-refractivity contribution in [2.45, 2.75) is 29.7 Å². The van der Waals surface area contributed by atoms with Gasteiger partial charge in [-0.15, -0.1) is 0 Å². The second kappa shape index (κ2) is 4.73. The summed E-state index contributed by atoms with van der Waals surface area (Å²) in [6.45, 7) is 0. The number of carboxylic acids is 1. The molecule has 1 fully saturated rings. The normalized spacial score (nSPS) is 17.8. The third kappa shape index (κ3) is 2.58. The molecule has 1 aliphatic carbocycles. The van der Waals surface area contributed by atoms with Gasteiger partial charge >= 0.3 is 5.97 Å². The number of halogens is 2. The van der Waals surface area contributed by atoms with Crippen molar-refractivity contribution in [3.63, 3.8) is 0 Å². The quantitative estimate of drug-likeness (QED) is 0.888. The standard InChI is InChI=1S/C11H11ClFNO4S/c12-8-6-7(2-3-9(8)13)19(17,18)14-11(10(15)16)4-1-5-11/h2-3,6,14H,1,4-5H2,(H,15,16). The van der Waals surface area contributed by atoms with E-state index in [0.717, 1.165) is 18.2 Å². The monoisotopic (exact) mass is 307 g/mol. The summed E-state index contributed by atoms with van der Waals surface area (Å²) in [5.41, 5.74) is -1.46. The maximum atomic E-state index is 13.0. The first-order valence-corrected chi connectivity index (χ1v) is 7.35. The molecule has 19 heavy (non-hydrogen) atoms. The van der Waals surface area contributed by atoms with Gasteiger partial charge in [0.25, 0.3) is 0 Å². The Balaban J connectivity index is 2.32. The number of benzene rings is 1. The van der Waals surface area contributed by atoms with E-state index in [1.807, 2.05) is 0 Å². The maximum Gasteiger partial charge on any atom is 0.324 e. The number of rotatable bonds is 4. The predicted molar refractivity (Wildman–Crippen MR) is 65.9 cm³/mol. The zero-order valence-electron chi connectivity index (χ0n) is 9.69. The van der Waals surface area contributed by atoms with Crippen LogP contribution < -0.4 is 4.72 Å². The average molecular weight is 308 g/mol. The molecule has 1 aromatic rings. The number of sulfonamides is 1. The summed E-state index contributed by atoms with van der Waals surface area (Å²) in [4.78, 5) is 10.9. The molecule has 0 bridgehead atoms. The van der Waals surface area contributed by atoms with Crippen LogP contribution in [0.1, 0.15) is 19.3 Å². The lowest BCUT2D eigenvalue weighted by molar-refractivity contribution is -0.147. The number of hydrogen-bond acceptors (Lipinski definition) is 3. The van der Waals surface area contributed by atoms with Crippen molar-refractivity contribution in [2.75, 3.05) is 0 Å². The number of hydrogen-bond donors (Lipinski definition) is 2. The molecule has 2 N–H and O–H groups in total. The number of nitrogens with one attached hydrogen (secondary N) is 1. The van der Waals surface area contributed by atoms with Crippen LogP contribution >= 0.6 is 11.6 Å². The van der Waals surface area contributed by atoms with E-state index in [2.05, 4.69) is 4.72 Å². The molecule has 1 aromatic carbocycles. The minimum absolute atomic E-state index is 0.233. The molecule has 0 spiro atoms. The number of carbonyl (C=O) groups is 1.